The van der Waals surface area contributed by atoms with Gasteiger partial charge in [0.05, 0.1) is 10.6 Å². The summed E-state index contributed by atoms with van der Waals surface area (Å²) in [7, 11) is 0. The van der Waals surface area contributed by atoms with Gasteiger partial charge < -0.3 is 14.7 Å². The highest BCUT2D eigenvalue weighted by atomic mass is 35.5. The molecule has 4 rings (SSSR count). The van der Waals surface area contributed by atoms with Crippen LogP contribution in [0.4, 0.5) is 19.0 Å². The van der Waals surface area contributed by atoms with Crippen molar-refractivity contribution in [2.24, 2.45) is 11.8 Å². The molecule has 33 heavy (non-hydrogen) atoms. The molecule has 0 radical (unpaired) electrons. The molecule has 3 saturated heterocycles. The van der Waals surface area contributed by atoms with E-state index >= 15 is 0 Å². The fraction of sp³-hybridized carbons (Fsp3) is 0.696. The number of rotatable bonds is 4. The molecule has 4 heterocycles. The second-order valence-corrected chi connectivity index (χ2v) is 9.76. The van der Waals surface area contributed by atoms with Crippen LogP contribution in [0.2, 0.25) is 5.02 Å². The number of piperidine rings is 2. The Hall–Kier alpha value is -2.03. The Balaban J connectivity index is 1.24. The van der Waals surface area contributed by atoms with E-state index in [0.29, 0.717) is 57.2 Å². The van der Waals surface area contributed by atoms with Gasteiger partial charge in [-0.05, 0) is 50.5 Å². The predicted octanol–water partition coefficient (Wildman–Crippen LogP) is 4.22. The highest BCUT2D eigenvalue weighted by Crippen LogP contribution is 2.35. The predicted molar refractivity (Wildman–Crippen MR) is 119 cm³/mol. The molecular weight excluding hydrogens is 457 g/mol. The third-order valence-electron chi connectivity index (χ3n) is 7.14. The first-order valence-electron chi connectivity index (χ1n) is 11.8. The van der Waals surface area contributed by atoms with E-state index in [2.05, 4.69) is 4.98 Å². The summed E-state index contributed by atoms with van der Waals surface area (Å²) in [6, 6.07) is 0.903. The number of pyridine rings is 1. The molecule has 0 bridgehead atoms. The molecule has 0 unspecified atom stereocenters. The van der Waals surface area contributed by atoms with Crippen molar-refractivity contribution in [3.8, 4) is 0 Å². The third-order valence-corrected chi connectivity index (χ3v) is 7.42. The molecule has 3 fully saturated rings. The summed E-state index contributed by atoms with van der Waals surface area (Å²) >= 11 is 6.07. The maximum atomic E-state index is 13.0. The van der Waals surface area contributed by atoms with Crippen LogP contribution in [-0.4, -0.2) is 65.9 Å². The van der Waals surface area contributed by atoms with Gasteiger partial charge in [-0.15, -0.1) is 0 Å². The zero-order valence-electron chi connectivity index (χ0n) is 18.6. The van der Waals surface area contributed by atoms with Crippen molar-refractivity contribution in [2.75, 3.05) is 44.2 Å². The van der Waals surface area contributed by atoms with Crippen LogP contribution in [0.15, 0.2) is 12.3 Å². The number of anilines is 1. The van der Waals surface area contributed by atoms with Crippen molar-refractivity contribution >= 4 is 29.2 Å². The molecule has 0 saturated carbocycles. The molecule has 10 heteroatoms. The largest absolute Gasteiger partial charge is 0.417 e. The van der Waals surface area contributed by atoms with Gasteiger partial charge in [0, 0.05) is 57.8 Å². The van der Waals surface area contributed by atoms with E-state index < -0.39 is 11.7 Å². The topological polar surface area (TPSA) is 56.8 Å². The highest BCUT2D eigenvalue weighted by molar-refractivity contribution is 6.33. The molecular formula is C23H30ClF3N4O2. The maximum absolute atomic E-state index is 13.0. The van der Waals surface area contributed by atoms with Crippen molar-refractivity contribution in [1.29, 1.82) is 0 Å². The number of carbonyl (C=O) groups excluding carboxylic acids is 2. The lowest BCUT2D eigenvalue weighted by Crippen LogP contribution is -2.46. The number of hydrogen-bond acceptors (Lipinski definition) is 4. The highest BCUT2D eigenvalue weighted by Gasteiger charge is 2.34. The molecule has 6 nitrogen and oxygen atoms in total. The van der Waals surface area contributed by atoms with Crippen molar-refractivity contribution < 1.29 is 22.8 Å². The van der Waals surface area contributed by atoms with E-state index in [-0.39, 0.29) is 22.8 Å². The molecule has 0 spiro atoms. The lowest BCUT2D eigenvalue weighted by atomic mass is 9.90. The number of alkyl halides is 3. The fourth-order valence-electron chi connectivity index (χ4n) is 5.11. The van der Waals surface area contributed by atoms with Crippen molar-refractivity contribution in [2.45, 2.75) is 51.1 Å². The van der Waals surface area contributed by atoms with Crippen LogP contribution in [0.3, 0.4) is 0 Å². The van der Waals surface area contributed by atoms with E-state index in [1.54, 1.807) is 0 Å². The monoisotopic (exact) mass is 486 g/mol. The summed E-state index contributed by atoms with van der Waals surface area (Å²) in [6.45, 7) is 4.17. The maximum Gasteiger partial charge on any atom is 0.417 e. The van der Waals surface area contributed by atoms with Gasteiger partial charge in [0.2, 0.25) is 11.8 Å². The smallest absolute Gasteiger partial charge is 0.355 e. The molecule has 0 aliphatic carbocycles. The van der Waals surface area contributed by atoms with Gasteiger partial charge in [-0.1, -0.05) is 11.6 Å². The number of amides is 2. The summed E-state index contributed by atoms with van der Waals surface area (Å²) < 4.78 is 38.5. The number of hydrogen-bond donors (Lipinski definition) is 0. The Morgan fingerprint density at radius 2 is 1.61 bits per heavy atom. The molecule has 0 N–H and O–H groups in total. The summed E-state index contributed by atoms with van der Waals surface area (Å²) in [5.41, 5.74) is -0.869. The van der Waals surface area contributed by atoms with E-state index in [1.807, 2.05) is 14.7 Å². The quantitative estimate of drug-likeness (QED) is 0.639. The average Bonchev–Trinajstić information content (AvgIpc) is 3.34. The van der Waals surface area contributed by atoms with Gasteiger partial charge in [0.1, 0.15) is 5.82 Å². The summed E-state index contributed by atoms with van der Waals surface area (Å²) in [4.78, 5) is 35.1. The van der Waals surface area contributed by atoms with Gasteiger partial charge in [-0.2, -0.15) is 13.2 Å². The first-order chi connectivity index (χ1) is 15.7. The lowest BCUT2D eigenvalue weighted by Gasteiger charge is -2.38. The van der Waals surface area contributed by atoms with Gasteiger partial charge in [0.15, 0.2) is 0 Å². The third kappa shape index (κ3) is 5.73. The molecule has 0 atom stereocenters. The zero-order chi connectivity index (χ0) is 23.6. The van der Waals surface area contributed by atoms with Crippen molar-refractivity contribution in [3.63, 3.8) is 0 Å². The fourth-order valence-corrected chi connectivity index (χ4v) is 5.40. The van der Waals surface area contributed by atoms with Crippen LogP contribution < -0.4 is 4.90 Å². The number of aromatic nitrogens is 1. The van der Waals surface area contributed by atoms with Crippen molar-refractivity contribution in [3.05, 3.63) is 22.8 Å². The van der Waals surface area contributed by atoms with Crippen LogP contribution in [-0.2, 0) is 15.8 Å². The molecule has 2 amide bonds. The first kappa shape index (κ1) is 24.1. The Morgan fingerprint density at radius 1 is 0.970 bits per heavy atom. The Kier molecular flexibility index (Phi) is 7.36. The molecule has 3 aliphatic heterocycles. The minimum Gasteiger partial charge on any atom is -0.355 e. The van der Waals surface area contributed by atoms with Crippen LogP contribution in [0, 0.1) is 11.8 Å². The van der Waals surface area contributed by atoms with E-state index in [1.165, 1.54) is 0 Å². The minimum absolute atomic E-state index is 0.0276. The zero-order valence-corrected chi connectivity index (χ0v) is 19.4. The van der Waals surface area contributed by atoms with Gasteiger partial charge in [-0.25, -0.2) is 4.98 Å². The van der Waals surface area contributed by atoms with E-state index in [4.69, 9.17) is 11.6 Å². The van der Waals surface area contributed by atoms with Crippen molar-refractivity contribution in [1.82, 2.24) is 14.8 Å². The van der Waals surface area contributed by atoms with Gasteiger partial charge in [0.25, 0.3) is 0 Å². The Labute approximate surface area is 197 Å². The SMILES string of the molecule is O=C(CC1CCN(C(=O)C2CCN(c3ncc(C(F)(F)F)cc3Cl)CC2)CC1)N1CCCC1. The van der Waals surface area contributed by atoms with E-state index in [0.717, 1.165) is 51.0 Å². The molecule has 3 aliphatic rings. The van der Waals surface area contributed by atoms with Gasteiger partial charge in [-0.3, -0.25) is 9.59 Å². The second kappa shape index (κ2) is 10.1. The van der Waals surface area contributed by atoms with Crippen LogP contribution >= 0.6 is 11.6 Å². The number of likely N-dealkylation sites (tertiary alicyclic amines) is 2. The first-order valence-corrected chi connectivity index (χ1v) is 12.1. The molecule has 0 aromatic carbocycles. The summed E-state index contributed by atoms with van der Waals surface area (Å²) in [5, 5.41) is -0.0276. The number of halogens is 4. The summed E-state index contributed by atoms with van der Waals surface area (Å²) in [5.74, 6) is 0.971. The molecule has 182 valence electrons. The van der Waals surface area contributed by atoms with E-state index in [9.17, 15) is 22.8 Å². The second-order valence-electron chi connectivity index (χ2n) is 9.35. The summed E-state index contributed by atoms with van der Waals surface area (Å²) in [6.07, 6.45) is 2.04. The normalized spacial score (nSPS) is 21.0. The Morgan fingerprint density at radius 3 is 2.18 bits per heavy atom. The number of nitrogens with zero attached hydrogens (tertiary/aromatic N) is 4. The van der Waals surface area contributed by atoms with Gasteiger partial charge >= 0.3 is 6.18 Å². The lowest BCUT2D eigenvalue weighted by molar-refractivity contribution is -0.139. The van der Waals surface area contributed by atoms with Crippen LogP contribution in [0.5, 0.6) is 0 Å². The standard InChI is InChI=1S/C23H30ClF3N4O2/c24-19-14-18(23(25,26)27)15-28-21(19)30-11-5-17(6-12-30)22(33)31-9-3-16(4-10-31)13-20(32)29-7-1-2-8-29/h14-17H,1-13H2. The molecule has 1 aromatic heterocycles. The Bertz CT molecular complexity index is 860. The van der Waals surface area contributed by atoms with Crippen LogP contribution in [0.1, 0.15) is 50.5 Å². The molecule has 1 aromatic rings. The minimum atomic E-state index is -4.48. The van der Waals surface area contributed by atoms with Crippen LogP contribution in [0.25, 0.3) is 0 Å². The average molecular weight is 487 g/mol. The number of carbonyl (C=O) groups is 2.